The van der Waals surface area contributed by atoms with Gasteiger partial charge in [0.15, 0.2) is 11.5 Å². The Kier molecular flexibility index (Phi) is 23.9. The maximum absolute atomic E-state index is 14.7. The van der Waals surface area contributed by atoms with E-state index in [0.29, 0.717) is 34.5 Å². The van der Waals surface area contributed by atoms with Crippen molar-refractivity contribution >= 4 is 70.9 Å². The second-order valence-electron chi connectivity index (χ2n) is 22.2. The zero-order valence-corrected chi connectivity index (χ0v) is 51.2. The maximum atomic E-state index is 14.7. The Morgan fingerprint density at radius 1 is 0.739 bits per heavy atom. The van der Waals surface area contributed by atoms with Crippen molar-refractivity contribution in [1.82, 2.24) is 46.6 Å². The van der Waals surface area contributed by atoms with Crippen LogP contribution >= 0.6 is 23.7 Å². The smallest absolute Gasteiger partial charge is 0.261 e. The number of nitrogens with one attached hydrogen (secondary N) is 5. The van der Waals surface area contributed by atoms with Crippen LogP contribution in [0.4, 0.5) is 0 Å². The highest BCUT2D eigenvalue weighted by atomic mass is 32.2. The SMILES string of the molecule is COCCOc1ccc(-c2ccc(-c3nnc(-c4ccc(C(=O)N[C@H]5CC(O)CNC(=O)C6C(O)C(C)CN6C(=O)C(C(O)CC(N)=O)NC(=O)C(C(O)Cc6ccc(O)c(OSOOO)c6)NC(=O)C6CC(O)CN6C(=O)C(C(C)O)NC5=O)cc4)s3)cc2)cc1. The molecule has 12 unspecified atom stereocenters. The molecule has 3 fully saturated rings. The number of benzene rings is 4. The van der Waals surface area contributed by atoms with Crippen LogP contribution in [0.25, 0.3) is 32.3 Å². The number of amides is 8. The number of aromatic hydroxyl groups is 1. The number of rotatable bonds is 20. The molecule has 1 aromatic heterocycles. The summed E-state index contributed by atoms with van der Waals surface area (Å²) in [4.78, 5) is 115. The number of primary amides is 1. The number of nitrogens with two attached hydrogens (primary N) is 1. The number of phenolic OH excluding ortho intramolecular Hbond substituents is 1. The first-order chi connectivity index (χ1) is 43.9. The molecule has 13 atom stereocenters. The van der Waals surface area contributed by atoms with Gasteiger partial charge in [-0.05, 0) is 60.0 Å². The molecule has 3 aliphatic heterocycles. The molecule has 8 rings (SSSR count). The van der Waals surface area contributed by atoms with Crippen LogP contribution in [-0.4, -0.2) is 221 Å². The van der Waals surface area contributed by atoms with Crippen LogP contribution < -0.4 is 41.2 Å². The third-order valence-corrected chi connectivity index (χ3v) is 16.9. The van der Waals surface area contributed by atoms with Crippen molar-refractivity contribution < 1.29 is 102 Å². The third kappa shape index (κ3) is 17.4. The molecule has 0 aliphatic carbocycles. The standard InChI is InChI=1S/C59H70N10O21S2/c1-28-26-69-49(50(28)77)55(82)61-25-36(71)22-39(62-51(78)33-7-11-35(12-8-33)57-67-66-56(91-57)34-9-5-31(6-10-34)32-13-15-38(16-14-32)87-19-18-86-3)52(79)63-46(29(2)70)58(83)68-27-37(72)23-40(68)53(80)64-47(54(81)65-48(59(69)84)43(75)24-45(60)76)42(74)20-30-4-17-41(73)44(21-30)88-92-90-89-85/h4-17,21,28-29,36-37,39-40,42-43,46-50,70-75,77,85H,18-20,22-27H2,1-3H3,(H2,60,76)(H,61,82)(H,62,78)(H,63,79)(H,64,80)(H,65,81)/t28?,29?,36?,37?,39-,40?,42?,43?,46?,47?,48?,49?,50?/m0/s1. The van der Waals surface area contributed by atoms with Crippen LogP contribution in [0.3, 0.4) is 0 Å². The van der Waals surface area contributed by atoms with Gasteiger partial charge in [0.1, 0.15) is 58.6 Å². The third-order valence-electron chi connectivity index (χ3n) is 15.5. The molecule has 3 saturated heterocycles. The number of aliphatic hydroxyl groups excluding tert-OH is 6. The van der Waals surface area contributed by atoms with Gasteiger partial charge < -0.3 is 91.5 Å². The largest absolute Gasteiger partial charge is 0.504 e. The summed E-state index contributed by atoms with van der Waals surface area (Å²) in [5, 5.41) is 112. The lowest BCUT2D eigenvalue weighted by Gasteiger charge is -2.33. The van der Waals surface area contributed by atoms with Crippen molar-refractivity contribution in [3.05, 3.63) is 102 Å². The first kappa shape index (κ1) is 69.4. The molecule has 15 N–H and O–H groups in total. The number of ether oxygens (including phenoxy) is 2. The van der Waals surface area contributed by atoms with Gasteiger partial charge in [0.05, 0.1) is 49.7 Å². The van der Waals surface area contributed by atoms with E-state index in [2.05, 4.69) is 46.2 Å². The lowest BCUT2D eigenvalue weighted by molar-refractivity contribution is -0.433. The summed E-state index contributed by atoms with van der Waals surface area (Å²) in [7, 11) is 1.60. The number of hydrogen-bond acceptors (Lipinski definition) is 25. The van der Waals surface area contributed by atoms with Crippen LogP contribution in [0, 0.1) is 5.92 Å². The molecule has 4 aromatic carbocycles. The van der Waals surface area contributed by atoms with Gasteiger partial charge in [-0.25, -0.2) is 5.26 Å². The maximum Gasteiger partial charge on any atom is 0.261 e. The van der Waals surface area contributed by atoms with Crippen molar-refractivity contribution in [2.45, 2.75) is 112 Å². The van der Waals surface area contributed by atoms with Crippen LogP contribution in [0.5, 0.6) is 17.2 Å². The molecule has 494 valence electrons. The summed E-state index contributed by atoms with van der Waals surface area (Å²) in [5.41, 5.74) is 8.78. The van der Waals surface area contributed by atoms with Crippen LogP contribution in [-0.2, 0) is 54.1 Å². The Hall–Kier alpha value is -8.45. The topological polar surface area (TPSA) is 463 Å². The van der Waals surface area contributed by atoms with E-state index in [4.69, 9.17) is 24.6 Å². The number of nitrogens with zero attached hydrogens (tertiary/aromatic N) is 4. The second-order valence-corrected chi connectivity index (χ2v) is 23.6. The highest BCUT2D eigenvalue weighted by molar-refractivity contribution is 7.90. The molecule has 8 amide bonds. The normalized spacial score (nSPS) is 24.6. The minimum absolute atomic E-state index is 0.00443. The predicted molar refractivity (Wildman–Crippen MR) is 323 cm³/mol. The van der Waals surface area contributed by atoms with E-state index < -0.39 is 177 Å². The number of hydrogen-bond donors (Lipinski definition) is 14. The van der Waals surface area contributed by atoms with E-state index in [9.17, 15) is 74.1 Å². The Labute approximate surface area is 533 Å². The van der Waals surface area contributed by atoms with Crippen LogP contribution in [0.2, 0.25) is 0 Å². The lowest BCUT2D eigenvalue weighted by Crippen LogP contribution is -2.64. The fourth-order valence-electron chi connectivity index (χ4n) is 10.7. The average molecular weight is 1320 g/mol. The molecule has 0 spiro atoms. The molecule has 0 bridgehead atoms. The molecule has 33 heteroatoms. The van der Waals surface area contributed by atoms with E-state index in [1.54, 1.807) is 19.2 Å². The molecule has 92 heavy (non-hydrogen) atoms. The van der Waals surface area contributed by atoms with Gasteiger partial charge in [0, 0.05) is 68.6 Å². The predicted octanol–water partition coefficient (Wildman–Crippen LogP) is -1.54. The summed E-state index contributed by atoms with van der Waals surface area (Å²) in [6.07, 6.45) is -13.7. The monoisotopic (exact) mass is 1320 g/mol. The van der Waals surface area contributed by atoms with Gasteiger partial charge in [-0.3, -0.25) is 38.4 Å². The number of carbonyl (C=O) groups is 8. The van der Waals surface area contributed by atoms with E-state index in [0.717, 1.165) is 45.5 Å². The molecule has 0 saturated carbocycles. The average Bonchev–Trinajstić information content (AvgIpc) is 1.63. The minimum atomic E-state index is -2.22. The quantitative estimate of drug-likeness (QED) is 0.0182. The second kappa shape index (κ2) is 31.7. The number of aromatic nitrogens is 2. The Morgan fingerprint density at radius 3 is 1.98 bits per heavy atom. The van der Waals surface area contributed by atoms with Gasteiger partial charge in [0.2, 0.25) is 41.4 Å². The number of fused-ring (bicyclic) bond motifs is 2. The van der Waals surface area contributed by atoms with E-state index in [-0.39, 0.29) is 29.2 Å². The molecular weight excluding hydrogens is 1250 g/mol. The Morgan fingerprint density at radius 2 is 1.35 bits per heavy atom. The van der Waals surface area contributed by atoms with Crippen molar-refractivity contribution in [2.75, 3.05) is 40.0 Å². The van der Waals surface area contributed by atoms with Gasteiger partial charge >= 0.3 is 0 Å². The Balaban J connectivity index is 1.06. The number of methoxy groups -OCH3 is 1. The fourth-order valence-corrected chi connectivity index (χ4v) is 11.8. The lowest BCUT2D eigenvalue weighted by atomic mass is 9.98. The van der Waals surface area contributed by atoms with Crippen molar-refractivity contribution in [1.29, 1.82) is 0 Å². The van der Waals surface area contributed by atoms with Crippen molar-refractivity contribution in [3.63, 3.8) is 0 Å². The van der Waals surface area contributed by atoms with Crippen LogP contribution in [0.15, 0.2) is 91.0 Å². The van der Waals surface area contributed by atoms with E-state index in [1.165, 1.54) is 36.5 Å². The van der Waals surface area contributed by atoms with Gasteiger partial charge in [0.25, 0.3) is 18.2 Å². The molecule has 3 aliphatic rings. The summed E-state index contributed by atoms with van der Waals surface area (Å²) >= 11 is 1.34. The Bertz CT molecular complexity index is 3420. The highest BCUT2D eigenvalue weighted by Crippen LogP contribution is 2.34. The number of aliphatic hydroxyl groups is 6. The highest BCUT2D eigenvalue weighted by Gasteiger charge is 2.50. The summed E-state index contributed by atoms with van der Waals surface area (Å²) in [6, 6.07) is 13.2. The summed E-state index contributed by atoms with van der Waals surface area (Å²) < 4.78 is 20.0. The fraction of sp³-hybridized carbons (Fsp3) is 0.424. The summed E-state index contributed by atoms with van der Waals surface area (Å²) in [6.45, 7) is 1.73. The zero-order valence-electron chi connectivity index (χ0n) is 49.6. The first-order valence-electron chi connectivity index (χ1n) is 28.8. The number of phenols is 1. The minimum Gasteiger partial charge on any atom is -0.504 e. The first-order valence-corrected chi connectivity index (χ1v) is 30.3. The van der Waals surface area contributed by atoms with Crippen molar-refractivity contribution in [3.8, 4) is 49.5 Å². The van der Waals surface area contributed by atoms with Gasteiger partial charge in [-0.1, -0.05) is 82.2 Å². The zero-order chi connectivity index (χ0) is 66.5. The van der Waals surface area contributed by atoms with Crippen molar-refractivity contribution in [2.24, 2.45) is 11.7 Å². The summed E-state index contributed by atoms with van der Waals surface area (Å²) in [5.74, 6) is -10.4. The number of β-amino-alcohol motifs (C(OH)–C–C–N with tert-alkyl or cyclic N) is 1. The van der Waals surface area contributed by atoms with Gasteiger partial charge in [-0.2, -0.15) is 0 Å². The van der Waals surface area contributed by atoms with Crippen LogP contribution in [0.1, 0.15) is 49.0 Å². The molecule has 0 radical (unpaired) electrons. The van der Waals surface area contributed by atoms with E-state index >= 15 is 0 Å². The van der Waals surface area contributed by atoms with Gasteiger partial charge in [-0.15, -0.1) is 10.2 Å². The molecule has 5 aromatic rings. The van der Waals surface area contributed by atoms with E-state index in [1.807, 2.05) is 48.5 Å². The molecule has 4 heterocycles. The number of carbonyl (C=O) groups excluding carboxylic acids is 8. The molecule has 31 nitrogen and oxygen atoms in total. The molecular formula is C59H70N10O21S2.